The van der Waals surface area contributed by atoms with E-state index in [4.69, 9.17) is 14.0 Å². The fourth-order valence-corrected chi connectivity index (χ4v) is 4.41. The van der Waals surface area contributed by atoms with Gasteiger partial charge in [0.05, 0.1) is 25.0 Å². The van der Waals surface area contributed by atoms with Crippen LogP contribution in [0.3, 0.4) is 0 Å². The highest BCUT2D eigenvalue weighted by Gasteiger charge is 2.23. The smallest absolute Gasteiger partial charge is 0.227 e. The predicted octanol–water partition coefficient (Wildman–Crippen LogP) is 3.38. The van der Waals surface area contributed by atoms with Crippen LogP contribution in [-0.4, -0.2) is 58.3 Å². The zero-order valence-corrected chi connectivity index (χ0v) is 19.2. The summed E-state index contributed by atoms with van der Waals surface area (Å²) in [6.07, 6.45) is 1.02. The van der Waals surface area contributed by atoms with Crippen molar-refractivity contribution in [3.05, 3.63) is 41.2 Å². The maximum Gasteiger partial charge on any atom is 0.227 e. The predicted molar refractivity (Wildman–Crippen MR) is 121 cm³/mol. The number of carbonyl (C=O) groups is 1. The van der Waals surface area contributed by atoms with Gasteiger partial charge in [0.2, 0.25) is 17.6 Å². The quantitative estimate of drug-likeness (QED) is 0.549. The molecule has 4 rings (SSSR count). The van der Waals surface area contributed by atoms with E-state index < -0.39 is 0 Å². The maximum atomic E-state index is 12.3. The first-order chi connectivity index (χ1) is 15.5. The van der Waals surface area contributed by atoms with Crippen molar-refractivity contribution in [2.24, 2.45) is 0 Å². The Bertz CT molecular complexity index is 1030. The van der Waals surface area contributed by atoms with Gasteiger partial charge in [-0.05, 0) is 38.1 Å². The number of aryl methyl sites for hydroxylation is 1. The van der Waals surface area contributed by atoms with E-state index in [0.717, 1.165) is 36.6 Å². The molecule has 2 atom stereocenters. The molecule has 32 heavy (non-hydrogen) atoms. The first-order valence-corrected chi connectivity index (χ1v) is 11.5. The zero-order chi connectivity index (χ0) is 22.5. The second kappa shape index (κ2) is 10.2. The number of amides is 1. The number of nitrogens with one attached hydrogen (secondary N) is 1. The molecule has 2 aromatic heterocycles. The van der Waals surface area contributed by atoms with Crippen LogP contribution < -0.4 is 10.1 Å². The van der Waals surface area contributed by atoms with Gasteiger partial charge in [-0.2, -0.15) is 4.98 Å². The van der Waals surface area contributed by atoms with Gasteiger partial charge in [-0.25, -0.2) is 4.98 Å². The Morgan fingerprint density at radius 2 is 1.97 bits per heavy atom. The Morgan fingerprint density at radius 3 is 2.69 bits per heavy atom. The minimum atomic E-state index is -0.135. The van der Waals surface area contributed by atoms with Crippen LogP contribution in [0.5, 0.6) is 5.75 Å². The Hall–Kier alpha value is -2.82. The lowest BCUT2D eigenvalue weighted by Crippen LogP contribution is -2.44. The molecule has 1 aromatic carbocycles. The van der Waals surface area contributed by atoms with Crippen LogP contribution in [0.4, 0.5) is 5.13 Å². The SMILES string of the molecule is COc1ccc(-c2noc(CCC(=O)Nc3nc(CN4C[C@@H](C)O[C@H](C)C4)cs3)n2)cc1. The van der Waals surface area contributed by atoms with Crippen molar-refractivity contribution in [3.8, 4) is 17.1 Å². The fraction of sp³-hybridized carbons (Fsp3) is 0.455. The number of benzene rings is 1. The molecule has 1 N–H and O–H groups in total. The summed E-state index contributed by atoms with van der Waals surface area (Å²) in [7, 11) is 1.62. The van der Waals surface area contributed by atoms with Crippen molar-refractivity contribution in [3.63, 3.8) is 0 Å². The van der Waals surface area contributed by atoms with Gasteiger partial charge >= 0.3 is 0 Å². The van der Waals surface area contributed by atoms with Gasteiger partial charge in [0.25, 0.3) is 0 Å². The largest absolute Gasteiger partial charge is 0.497 e. The van der Waals surface area contributed by atoms with Crippen molar-refractivity contribution < 1.29 is 18.8 Å². The summed E-state index contributed by atoms with van der Waals surface area (Å²) < 4.78 is 16.2. The normalized spacial score (nSPS) is 19.1. The Balaban J connectivity index is 1.25. The van der Waals surface area contributed by atoms with E-state index in [1.807, 2.05) is 29.6 Å². The molecule has 1 fully saturated rings. The molecule has 1 aliphatic rings. The number of nitrogens with zero attached hydrogens (tertiary/aromatic N) is 4. The Morgan fingerprint density at radius 1 is 1.22 bits per heavy atom. The molecule has 0 radical (unpaired) electrons. The Labute approximate surface area is 190 Å². The van der Waals surface area contributed by atoms with Crippen LogP contribution >= 0.6 is 11.3 Å². The number of methoxy groups -OCH3 is 1. The van der Waals surface area contributed by atoms with Gasteiger partial charge in [-0.3, -0.25) is 9.69 Å². The average Bonchev–Trinajstić information content (AvgIpc) is 3.41. The van der Waals surface area contributed by atoms with E-state index in [1.54, 1.807) is 7.11 Å². The number of carbonyl (C=O) groups excluding carboxylic acids is 1. The van der Waals surface area contributed by atoms with Gasteiger partial charge in [-0.1, -0.05) is 5.16 Å². The minimum Gasteiger partial charge on any atom is -0.497 e. The van der Waals surface area contributed by atoms with Crippen LogP contribution in [0.1, 0.15) is 31.9 Å². The van der Waals surface area contributed by atoms with Crippen LogP contribution in [0.15, 0.2) is 34.2 Å². The van der Waals surface area contributed by atoms with E-state index >= 15 is 0 Å². The second-order valence-corrected chi connectivity index (χ2v) is 8.74. The van der Waals surface area contributed by atoms with Crippen LogP contribution in [-0.2, 0) is 22.5 Å². The fourth-order valence-electron chi connectivity index (χ4n) is 3.70. The molecule has 1 amide bonds. The molecule has 1 saturated heterocycles. The summed E-state index contributed by atoms with van der Waals surface area (Å²) in [5.74, 6) is 1.53. The van der Waals surface area contributed by atoms with E-state index in [1.165, 1.54) is 11.3 Å². The number of hydrogen-bond acceptors (Lipinski definition) is 9. The van der Waals surface area contributed by atoms with Gasteiger partial charge in [-0.15, -0.1) is 11.3 Å². The molecule has 0 aliphatic carbocycles. The Kier molecular flexibility index (Phi) is 7.13. The molecule has 170 valence electrons. The number of hydrogen-bond donors (Lipinski definition) is 1. The standard InChI is InChI=1S/C22H27N5O4S/c1-14-10-27(11-15(2)30-14)12-17-13-32-22(23-17)24-19(28)8-9-20-25-21(26-31-20)16-4-6-18(29-3)7-5-16/h4-7,13-15H,8-12H2,1-3H3,(H,23,24,28)/t14-,15-/m1/s1. The molecule has 3 aromatic rings. The van der Waals surface area contributed by atoms with Crippen molar-refractivity contribution in [2.45, 2.75) is 45.4 Å². The first-order valence-electron chi connectivity index (χ1n) is 10.6. The van der Waals surface area contributed by atoms with Gasteiger partial charge in [0.15, 0.2) is 5.13 Å². The van der Waals surface area contributed by atoms with Crippen molar-refractivity contribution in [2.75, 3.05) is 25.5 Å². The number of ether oxygens (including phenoxy) is 2. The summed E-state index contributed by atoms with van der Waals surface area (Å²) in [6, 6.07) is 7.39. The topological polar surface area (TPSA) is 103 Å². The lowest BCUT2D eigenvalue weighted by molar-refractivity contribution is -0.116. The van der Waals surface area contributed by atoms with Gasteiger partial charge in [0.1, 0.15) is 5.75 Å². The first kappa shape index (κ1) is 22.4. The van der Waals surface area contributed by atoms with E-state index in [9.17, 15) is 4.79 Å². The van der Waals surface area contributed by atoms with Crippen LogP contribution in [0, 0.1) is 0 Å². The molecule has 3 heterocycles. The van der Waals surface area contributed by atoms with E-state index in [-0.39, 0.29) is 24.5 Å². The summed E-state index contributed by atoms with van der Waals surface area (Å²) in [5, 5.41) is 9.44. The monoisotopic (exact) mass is 457 g/mol. The van der Waals surface area contributed by atoms with Crippen molar-refractivity contribution >= 4 is 22.4 Å². The third-order valence-electron chi connectivity index (χ3n) is 5.06. The molecule has 10 heteroatoms. The summed E-state index contributed by atoms with van der Waals surface area (Å²) in [5.41, 5.74) is 1.78. The summed E-state index contributed by atoms with van der Waals surface area (Å²) in [4.78, 5) is 23.6. The molecule has 0 unspecified atom stereocenters. The van der Waals surface area contributed by atoms with Crippen LogP contribution in [0.2, 0.25) is 0 Å². The highest BCUT2D eigenvalue weighted by Crippen LogP contribution is 2.21. The molecule has 0 spiro atoms. The molecule has 1 aliphatic heterocycles. The molecule has 0 saturated carbocycles. The van der Waals surface area contributed by atoms with Gasteiger partial charge in [0, 0.05) is 43.4 Å². The molecular formula is C22H27N5O4S. The second-order valence-electron chi connectivity index (χ2n) is 7.88. The number of anilines is 1. The van der Waals surface area contributed by atoms with Crippen molar-refractivity contribution in [1.82, 2.24) is 20.0 Å². The number of morpholine rings is 1. The minimum absolute atomic E-state index is 0.135. The molecule has 0 bridgehead atoms. The number of aromatic nitrogens is 3. The van der Waals surface area contributed by atoms with Crippen LogP contribution in [0.25, 0.3) is 11.4 Å². The molecular weight excluding hydrogens is 430 g/mol. The highest BCUT2D eigenvalue weighted by molar-refractivity contribution is 7.13. The van der Waals surface area contributed by atoms with Gasteiger partial charge < -0.3 is 19.3 Å². The highest BCUT2D eigenvalue weighted by atomic mass is 32.1. The maximum absolute atomic E-state index is 12.3. The zero-order valence-electron chi connectivity index (χ0n) is 18.4. The third-order valence-corrected chi connectivity index (χ3v) is 5.87. The summed E-state index contributed by atoms with van der Waals surface area (Å²) >= 11 is 1.43. The lowest BCUT2D eigenvalue weighted by atomic mass is 10.2. The number of rotatable bonds is 8. The summed E-state index contributed by atoms with van der Waals surface area (Å²) in [6.45, 7) is 6.68. The average molecular weight is 458 g/mol. The van der Waals surface area contributed by atoms with Crippen molar-refractivity contribution in [1.29, 1.82) is 0 Å². The number of thiazole rings is 1. The lowest BCUT2D eigenvalue weighted by Gasteiger charge is -2.34. The van der Waals surface area contributed by atoms with E-state index in [2.05, 4.69) is 39.2 Å². The van der Waals surface area contributed by atoms with E-state index in [0.29, 0.717) is 23.3 Å². The third kappa shape index (κ3) is 5.90. The molecule has 9 nitrogen and oxygen atoms in total.